The number of ether oxygens (including phenoxy) is 1. The van der Waals surface area contributed by atoms with Crippen LogP contribution in [0.4, 0.5) is 0 Å². The van der Waals surface area contributed by atoms with Gasteiger partial charge in [-0.05, 0) is 42.0 Å². The maximum absolute atomic E-state index is 13.0. The lowest BCUT2D eigenvalue weighted by Gasteiger charge is -2.20. The highest BCUT2D eigenvalue weighted by molar-refractivity contribution is 6.30. The first-order valence-corrected chi connectivity index (χ1v) is 13.1. The van der Waals surface area contributed by atoms with E-state index in [9.17, 15) is 14.4 Å². The molecule has 2 atom stereocenters. The van der Waals surface area contributed by atoms with E-state index in [2.05, 4.69) is 20.6 Å². The number of amides is 3. The topological polar surface area (TPSA) is 114 Å². The number of halogens is 2. The molecule has 202 valence electrons. The maximum Gasteiger partial charge on any atom is 0.244 e. The standard InChI is InChI=1S/C28H27Cl2N5O4/c29-20-7-4-19(5-8-20)6-10-25(36)34-24(15-22-3-1-2-13-31-22)28(38)33-17-27(37)35-14-12-23(18-35)39-26-11-9-21(30)16-32-26/h1-11,13,16,23-24H,12,14-15,17-18H2,(H,33,38)(H,34,36)/t23-,24-/m0/s1. The fraction of sp³-hybridized carbons (Fsp3) is 0.250. The van der Waals surface area contributed by atoms with Gasteiger partial charge in [-0.25, -0.2) is 4.98 Å². The van der Waals surface area contributed by atoms with E-state index in [4.69, 9.17) is 27.9 Å². The van der Waals surface area contributed by atoms with Gasteiger partial charge in [0.2, 0.25) is 23.6 Å². The molecule has 0 spiro atoms. The van der Waals surface area contributed by atoms with Crippen LogP contribution in [0.15, 0.2) is 73.1 Å². The van der Waals surface area contributed by atoms with Crippen molar-refractivity contribution in [1.29, 1.82) is 0 Å². The molecule has 39 heavy (non-hydrogen) atoms. The quantitative estimate of drug-likeness (QED) is 0.363. The van der Waals surface area contributed by atoms with Crippen molar-refractivity contribution in [2.75, 3.05) is 19.6 Å². The minimum Gasteiger partial charge on any atom is -0.472 e. The molecular weight excluding hydrogens is 541 g/mol. The Morgan fingerprint density at radius 3 is 2.56 bits per heavy atom. The third-order valence-electron chi connectivity index (χ3n) is 5.97. The van der Waals surface area contributed by atoms with Crippen LogP contribution in [0, 0.1) is 0 Å². The summed E-state index contributed by atoms with van der Waals surface area (Å²) in [7, 11) is 0. The summed E-state index contributed by atoms with van der Waals surface area (Å²) in [5.41, 5.74) is 1.41. The summed E-state index contributed by atoms with van der Waals surface area (Å²) in [4.78, 5) is 48.4. The van der Waals surface area contributed by atoms with E-state index in [1.165, 1.54) is 12.3 Å². The Kier molecular flexibility index (Phi) is 9.88. The van der Waals surface area contributed by atoms with Crippen molar-refractivity contribution in [3.05, 3.63) is 94.4 Å². The molecule has 1 aromatic carbocycles. The van der Waals surface area contributed by atoms with Crippen LogP contribution in [0.25, 0.3) is 6.08 Å². The van der Waals surface area contributed by atoms with Crippen molar-refractivity contribution in [3.8, 4) is 5.88 Å². The number of carbonyl (C=O) groups excluding carboxylic acids is 3. The van der Waals surface area contributed by atoms with Crippen LogP contribution in [0.5, 0.6) is 5.88 Å². The summed E-state index contributed by atoms with van der Waals surface area (Å²) < 4.78 is 5.83. The first-order valence-electron chi connectivity index (χ1n) is 12.3. The zero-order valence-corrected chi connectivity index (χ0v) is 22.4. The molecule has 0 unspecified atom stereocenters. The summed E-state index contributed by atoms with van der Waals surface area (Å²) in [6, 6.07) is 14.7. The lowest BCUT2D eigenvalue weighted by Crippen LogP contribution is -2.50. The van der Waals surface area contributed by atoms with E-state index in [-0.39, 0.29) is 25.0 Å². The van der Waals surface area contributed by atoms with Gasteiger partial charge >= 0.3 is 0 Å². The Hall–Kier alpha value is -3.95. The van der Waals surface area contributed by atoms with Crippen molar-refractivity contribution in [2.24, 2.45) is 0 Å². The molecule has 0 saturated carbocycles. The van der Waals surface area contributed by atoms with E-state index in [0.717, 1.165) is 5.56 Å². The minimum atomic E-state index is -0.930. The number of hydrogen-bond acceptors (Lipinski definition) is 6. The third kappa shape index (κ3) is 8.80. The predicted octanol–water partition coefficient (Wildman–Crippen LogP) is 3.32. The lowest BCUT2D eigenvalue weighted by molar-refractivity contribution is -0.133. The molecule has 1 fully saturated rings. The smallest absolute Gasteiger partial charge is 0.244 e. The summed E-state index contributed by atoms with van der Waals surface area (Å²) in [5.74, 6) is -0.753. The summed E-state index contributed by atoms with van der Waals surface area (Å²) >= 11 is 11.8. The van der Waals surface area contributed by atoms with Crippen LogP contribution in [0.1, 0.15) is 17.7 Å². The van der Waals surface area contributed by atoms with Crippen LogP contribution in [-0.4, -0.2) is 64.4 Å². The summed E-state index contributed by atoms with van der Waals surface area (Å²) in [6.45, 7) is 0.666. The zero-order chi connectivity index (χ0) is 27.6. The lowest BCUT2D eigenvalue weighted by atomic mass is 10.1. The van der Waals surface area contributed by atoms with Gasteiger partial charge in [-0.3, -0.25) is 19.4 Å². The van der Waals surface area contributed by atoms with Gasteiger partial charge in [0.25, 0.3) is 0 Å². The number of pyridine rings is 2. The Morgan fingerprint density at radius 2 is 1.85 bits per heavy atom. The third-order valence-corrected chi connectivity index (χ3v) is 6.44. The molecule has 1 saturated heterocycles. The molecule has 4 rings (SSSR count). The summed E-state index contributed by atoms with van der Waals surface area (Å²) in [5, 5.41) is 6.47. The number of nitrogens with zero attached hydrogens (tertiary/aromatic N) is 3. The first kappa shape index (κ1) is 28.1. The second kappa shape index (κ2) is 13.7. The number of benzene rings is 1. The molecule has 1 aliphatic rings. The Balaban J connectivity index is 1.31. The van der Waals surface area contributed by atoms with Crippen molar-refractivity contribution < 1.29 is 19.1 Å². The molecule has 3 aromatic rings. The molecular formula is C28H27Cl2N5O4. The minimum absolute atomic E-state index is 0.162. The molecule has 1 aliphatic heterocycles. The highest BCUT2D eigenvalue weighted by Crippen LogP contribution is 2.18. The average molecular weight is 568 g/mol. The molecule has 2 aromatic heterocycles. The Bertz CT molecular complexity index is 1300. The maximum atomic E-state index is 13.0. The largest absolute Gasteiger partial charge is 0.472 e. The van der Waals surface area contributed by atoms with Gasteiger partial charge in [-0.2, -0.15) is 0 Å². The van der Waals surface area contributed by atoms with E-state index in [1.807, 2.05) is 0 Å². The Morgan fingerprint density at radius 1 is 1.05 bits per heavy atom. The second-order valence-corrected chi connectivity index (χ2v) is 9.74. The van der Waals surface area contributed by atoms with Crippen molar-refractivity contribution in [2.45, 2.75) is 25.0 Å². The van der Waals surface area contributed by atoms with Gasteiger partial charge < -0.3 is 20.3 Å². The van der Waals surface area contributed by atoms with E-state index >= 15 is 0 Å². The van der Waals surface area contributed by atoms with Crippen molar-refractivity contribution in [3.63, 3.8) is 0 Å². The van der Waals surface area contributed by atoms with Crippen LogP contribution >= 0.6 is 23.2 Å². The van der Waals surface area contributed by atoms with Crippen molar-refractivity contribution in [1.82, 2.24) is 25.5 Å². The number of aromatic nitrogens is 2. The van der Waals surface area contributed by atoms with Gasteiger partial charge in [0, 0.05) is 54.6 Å². The molecule has 3 heterocycles. The first-order chi connectivity index (χ1) is 18.9. The molecule has 2 N–H and O–H groups in total. The van der Waals surface area contributed by atoms with Gasteiger partial charge in [-0.1, -0.05) is 41.4 Å². The molecule has 0 aliphatic carbocycles. The molecule has 0 radical (unpaired) electrons. The van der Waals surface area contributed by atoms with Gasteiger partial charge in [0.05, 0.1) is 18.1 Å². The van der Waals surface area contributed by atoms with Gasteiger partial charge in [0.1, 0.15) is 12.1 Å². The van der Waals surface area contributed by atoms with Crippen LogP contribution < -0.4 is 15.4 Å². The normalized spacial score (nSPS) is 15.6. The van der Waals surface area contributed by atoms with E-state index in [1.54, 1.807) is 71.8 Å². The number of carbonyl (C=O) groups is 3. The van der Waals surface area contributed by atoms with E-state index in [0.29, 0.717) is 41.1 Å². The molecule has 0 bridgehead atoms. The monoisotopic (exact) mass is 567 g/mol. The Labute approximate surface area is 236 Å². The van der Waals surface area contributed by atoms with Crippen LogP contribution in [0.3, 0.4) is 0 Å². The molecule has 11 heteroatoms. The summed E-state index contributed by atoms with van der Waals surface area (Å²) in [6.07, 6.45) is 6.67. The fourth-order valence-electron chi connectivity index (χ4n) is 3.95. The molecule has 9 nitrogen and oxygen atoms in total. The van der Waals surface area contributed by atoms with Gasteiger partial charge in [0.15, 0.2) is 0 Å². The highest BCUT2D eigenvalue weighted by Gasteiger charge is 2.29. The fourth-order valence-corrected chi connectivity index (χ4v) is 4.19. The SMILES string of the molecule is O=C(C=Cc1ccc(Cl)cc1)N[C@@H](Cc1ccccn1)C(=O)NCC(=O)N1CC[C@H](Oc2ccc(Cl)cn2)C1. The number of hydrogen-bond donors (Lipinski definition) is 2. The van der Waals surface area contributed by atoms with Crippen LogP contribution in [-0.2, 0) is 20.8 Å². The number of likely N-dealkylation sites (tertiary alicyclic amines) is 1. The van der Waals surface area contributed by atoms with Crippen LogP contribution in [0.2, 0.25) is 10.0 Å². The number of nitrogens with one attached hydrogen (secondary N) is 2. The average Bonchev–Trinajstić information content (AvgIpc) is 3.41. The highest BCUT2D eigenvalue weighted by atomic mass is 35.5. The number of rotatable bonds is 10. The van der Waals surface area contributed by atoms with Gasteiger partial charge in [-0.15, -0.1) is 0 Å². The van der Waals surface area contributed by atoms with Crippen molar-refractivity contribution >= 4 is 47.0 Å². The predicted molar refractivity (Wildman–Crippen MR) is 148 cm³/mol. The zero-order valence-electron chi connectivity index (χ0n) is 20.9. The second-order valence-electron chi connectivity index (χ2n) is 8.87. The molecule has 3 amide bonds. The van der Waals surface area contributed by atoms with E-state index < -0.39 is 17.9 Å².